The van der Waals surface area contributed by atoms with Crippen LogP contribution >= 0.6 is 11.3 Å². The molecule has 7 heteroatoms. The lowest BCUT2D eigenvalue weighted by molar-refractivity contribution is 0.0951. The van der Waals surface area contributed by atoms with Gasteiger partial charge in [0, 0.05) is 11.4 Å². The predicted molar refractivity (Wildman–Crippen MR) is 76.4 cm³/mol. The second-order valence-electron chi connectivity index (χ2n) is 4.12. The number of aryl methyl sites for hydroxylation is 1. The van der Waals surface area contributed by atoms with Gasteiger partial charge in [0.05, 0.1) is 29.5 Å². The molecule has 2 heterocycles. The van der Waals surface area contributed by atoms with Crippen molar-refractivity contribution in [1.82, 2.24) is 15.3 Å². The Hall–Kier alpha value is -2.02. The maximum atomic E-state index is 13.2. The van der Waals surface area contributed by atoms with Crippen LogP contribution in [0.2, 0.25) is 0 Å². The van der Waals surface area contributed by atoms with Crippen LogP contribution in [-0.2, 0) is 6.54 Å². The summed E-state index contributed by atoms with van der Waals surface area (Å²) in [5.41, 5.74) is 2.82. The van der Waals surface area contributed by atoms with Crippen molar-refractivity contribution in [2.75, 3.05) is 11.9 Å². The molecule has 0 radical (unpaired) electrons. The Labute approximate surface area is 120 Å². The minimum atomic E-state index is -0.536. The second kappa shape index (κ2) is 6.42. The molecule has 0 saturated heterocycles. The van der Waals surface area contributed by atoms with Gasteiger partial charge in [-0.3, -0.25) is 4.79 Å². The molecule has 0 spiro atoms. The van der Waals surface area contributed by atoms with Crippen molar-refractivity contribution in [2.24, 2.45) is 0 Å². The van der Waals surface area contributed by atoms with E-state index in [0.29, 0.717) is 18.9 Å². The molecular weight excluding hydrogens is 279 g/mol. The Morgan fingerprint density at radius 3 is 2.90 bits per heavy atom. The molecule has 0 saturated carbocycles. The summed E-state index contributed by atoms with van der Waals surface area (Å²) in [6.07, 6.45) is 1.09. The largest absolute Gasteiger partial charge is 0.370 e. The summed E-state index contributed by atoms with van der Waals surface area (Å²) in [6.45, 7) is 4.74. The van der Waals surface area contributed by atoms with Gasteiger partial charge < -0.3 is 10.6 Å². The van der Waals surface area contributed by atoms with Crippen molar-refractivity contribution < 1.29 is 9.18 Å². The van der Waals surface area contributed by atoms with E-state index in [-0.39, 0.29) is 11.5 Å². The first-order chi connectivity index (χ1) is 9.61. The molecule has 0 unspecified atom stereocenters. The maximum Gasteiger partial charge on any atom is 0.255 e. The molecule has 106 valence electrons. The van der Waals surface area contributed by atoms with Gasteiger partial charge in [-0.15, -0.1) is 11.3 Å². The first-order valence-electron chi connectivity index (χ1n) is 6.18. The van der Waals surface area contributed by atoms with Crippen molar-refractivity contribution in [3.8, 4) is 0 Å². The zero-order chi connectivity index (χ0) is 14.5. The SMILES string of the molecule is CCNc1ncc(F)cc1C(=O)NCc1scnc1C. The van der Waals surface area contributed by atoms with E-state index < -0.39 is 5.82 Å². The van der Waals surface area contributed by atoms with Gasteiger partial charge in [-0.1, -0.05) is 0 Å². The number of amides is 1. The standard InChI is InChI=1S/C13H15FN4OS/c1-3-15-12-10(4-9(14)5-16-12)13(19)17-6-11-8(2)18-7-20-11/h4-5,7H,3,6H2,1-2H3,(H,15,16)(H,17,19). The zero-order valence-electron chi connectivity index (χ0n) is 11.2. The number of halogens is 1. The molecule has 2 rings (SSSR count). The van der Waals surface area contributed by atoms with E-state index in [9.17, 15) is 9.18 Å². The third-order valence-corrected chi connectivity index (χ3v) is 3.63. The molecule has 0 aromatic carbocycles. The van der Waals surface area contributed by atoms with Gasteiger partial charge in [-0.25, -0.2) is 14.4 Å². The van der Waals surface area contributed by atoms with E-state index in [2.05, 4.69) is 20.6 Å². The van der Waals surface area contributed by atoms with Crippen molar-refractivity contribution in [2.45, 2.75) is 20.4 Å². The molecule has 0 aliphatic heterocycles. The van der Waals surface area contributed by atoms with Crippen molar-refractivity contribution >= 4 is 23.1 Å². The number of hydrogen-bond donors (Lipinski definition) is 2. The van der Waals surface area contributed by atoms with E-state index >= 15 is 0 Å². The van der Waals surface area contributed by atoms with Crippen LogP contribution in [0.4, 0.5) is 10.2 Å². The Balaban J connectivity index is 2.12. The number of nitrogens with zero attached hydrogens (tertiary/aromatic N) is 2. The average Bonchev–Trinajstić information content (AvgIpc) is 2.84. The molecule has 2 aromatic heterocycles. The lowest BCUT2D eigenvalue weighted by Gasteiger charge is -2.10. The van der Waals surface area contributed by atoms with Crippen LogP contribution < -0.4 is 10.6 Å². The van der Waals surface area contributed by atoms with E-state index in [1.165, 1.54) is 17.4 Å². The number of aromatic nitrogens is 2. The quantitative estimate of drug-likeness (QED) is 0.888. The smallest absolute Gasteiger partial charge is 0.255 e. The fraction of sp³-hybridized carbons (Fsp3) is 0.308. The highest BCUT2D eigenvalue weighted by atomic mass is 32.1. The molecule has 0 bridgehead atoms. The number of rotatable bonds is 5. The predicted octanol–water partition coefficient (Wildman–Crippen LogP) is 2.35. The number of nitrogens with one attached hydrogen (secondary N) is 2. The Morgan fingerprint density at radius 1 is 1.45 bits per heavy atom. The summed E-state index contributed by atoms with van der Waals surface area (Å²) in [7, 11) is 0. The lowest BCUT2D eigenvalue weighted by Crippen LogP contribution is -2.24. The van der Waals surface area contributed by atoms with Crippen LogP contribution in [-0.4, -0.2) is 22.4 Å². The Kier molecular flexibility index (Phi) is 4.62. The summed E-state index contributed by atoms with van der Waals surface area (Å²) >= 11 is 1.47. The molecular formula is C13H15FN4OS. The second-order valence-corrected chi connectivity index (χ2v) is 5.06. The summed E-state index contributed by atoms with van der Waals surface area (Å²) in [4.78, 5) is 21.1. The van der Waals surface area contributed by atoms with Crippen molar-refractivity contribution in [1.29, 1.82) is 0 Å². The van der Waals surface area contributed by atoms with Gasteiger partial charge in [0.25, 0.3) is 5.91 Å². The van der Waals surface area contributed by atoms with Crippen LogP contribution in [0.3, 0.4) is 0 Å². The fourth-order valence-electron chi connectivity index (χ4n) is 1.67. The first-order valence-corrected chi connectivity index (χ1v) is 7.06. The summed E-state index contributed by atoms with van der Waals surface area (Å²) < 4.78 is 13.2. The molecule has 0 aliphatic carbocycles. The number of hydrogen-bond acceptors (Lipinski definition) is 5. The van der Waals surface area contributed by atoms with Crippen LogP contribution in [0.1, 0.15) is 27.9 Å². The monoisotopic (exact) mass is 294 g/mol. The highest BCUT2D eigenvalue weighted by Gasteiger charge is 2.14. The Morgan fingerprint density at radius 2 is 2.25 bits per heavy atom. The average molecular weight is 294 g/mol. The highest BCUT2D eigenvalue weighted by molar-refractivity contribution is 7.09. The minimum Gasteiger partial charge on any atom is -0.370 e. The molecule has 0 aliphatic rings. The topological polar surface area (TPSA) is 66.9 Å². The molecule has 1 amide bonds. The first kappa shape index (κ1) is 14.4. The molecule has 0 atom stereocenters. The van der Waals surface area contributed by atoms with Crippen LogP contribution in [0.15, 0.2) is 17.8 Å². The van der Waals surface area contributed by atoms with Crippen LogP contribution in [0.5, 0.6) is 0 Å². The van der Waals surface area contributed by atoms with Gasteiger partial charge in [-0.05, 0) is 19.9 Å². The fourth-order valence-corrected chi connectivity index (χ4v) is 2.39. The summed E-state index contributed by atoms with van der Waals surface area (Å²) in [5, 5.41) is 5.69. The van der Waals surface area contributed by atoms with Crippen LogP contribution in [0, 0.1) is 12.7 Å². The molecule has 2 N–H and O–H groups in total. The van der Waals surface area contributed by atoms with Gasteiger partial charge in [0.15, 0.2) is 0 Å². The molecule has 5 nitrogen and oxygen atoms in total. The van der Waals surface area contributed by atoms with E-state index in [1.54, 1.807) is 5.51 Å². The van der Waals surface area contributed by atoms with Crippen molar-refractivity contribution in [3.63, 3.8) is 0 Å². The normalized spacial score (nSPS) is 10.3. The number of carbonyl (C=O) groups is 1. The molecule has 20 heavy (non-hydrogen) atoms. The number of thiazole rings is 1. The number of pyridine rings is 1. The molecule has 2 aromatic rings. The zero-order valence-corrected chi connectivity index (χ0v) is 12.1. The molecule has 0 fully saturated rings. The minimum absolute atomic E-state index is 0.203. The van der Waals surface area contributed by atoms with Crippen LogP contribution in [0.25, 0.3) is 0 Å². The van der Waals surface area contributed by atoms with Gasteiger partial charge in [0.2, 0.25) is 0 Å². The maximum absolute atomic E-state index is 13.2. The van der Waals surface area contributed by atoms with Gasteiger partial charge in [-0.2, -0.15) is 0 Å². The summed E-state index contributed by atoms with van der Waals surface area (Å²) in [6, 6.07) is 1.18. The highest BCUT2D eigenvalue weighted by Crippen LogP contribution is 2.15. The van der Waals surface area contributed by atoms with Crippen molar-refractivity contribution in [3.05, 3.63) is 39.7 Å². The summed E-state index contributed by atoms with van der Waals surface area (Å²) in [5.74, 6) is -0.515. The third kappa shape index (κ3) is 3.30. The van der Waals surface area contributed by atoms with E-state index in [1.807, 2.05) is 13.8 Å². The van der Waals surface area contributed by atoms with E-state index in [4.69, 9.17) is 0 Å². The lowest BCUT2D eigenvalue weighted by atomic mass is 10.2. The van der Waals surface area contributed by atoms with E-state index in [0.717, 1.165) is 16.8 Å². The van der Waals surface area contributed by atoms with Gasteiger partial charge >= 0.3 is 0 Å². The number of carbonyl (C=O) groups excluding carboxylic acids is 1. The third-order valence-electron chi connectivity index (χ3n) is 2.70. The van der Waals surface area contributed by atoms with Gasteiger partial charge in [0.1, 0.15) is 11.6 Å². The number of anilines is 1. The Bertz CT molecular complexity index is 614.